The van der Waals surface area contributed by atoms with Crippen LogP contribution in [0.15, 0.2) is 89.3 Å². The third-order valence-corrected chi connectivity index (χ3v) is 9.93. The average molecular weight is 616 g/mol. The lowest BCUT2D eigenvalue weighted by Gasteiger charge is -2.47. The van der Waals surface area contributed by atoms with Gasteiger partial charge >= 0.3 is 6.36 Å². The summed E-state index contributed by atoms with van der Waals surface area (Å²) in [5, 5.41) is 14.5. The number of benzene rings is 3. The van der Waals surface area contributed by atoms with Gasteiger partial charge in [0.15, 0.2) is 5.13 Å². The number of rotatable bonds is 6. The maximum Gasteiger partial charge on any atom is 0.573 e. The number of piperidine rings is 1. The number of hydrogen-bond acceptors (Lipinski definition) is 8. The second-order valence-corrected chi connectivity index (χ2v) is 12.9. The van der Waals surface area contributed by atoms with E-state index in [1.165, 1.54) is 11.3 Å². The summed E-state index contributed by atoms with van der Waals surface area (Å²) < 4.78 is 66.9. The molecule has 0 saturated carbocycles. The summed E-state index contributed by atoms with van der Waals surface area (Å²) in [6.45, 7) is 0.631. The Bertz CT molecular complexity index is 1600. The summed E-state index contributed by atoms with van der Waals surface area (Å²) >= 11 is 1.44. The van der Waals surface area contributed by atoms with Crippen LogP contribution in [-0.4, -0.2) is 51.9 Å². The summed E-state index contributed by atoms with van der Waals surface area (Å²) in [7, 11) is -3.74. The highest BCUT2D eigenvalue weighted by molar-refractivity contribution is 7.90. The van der Waals surface area contributed by atoms with E-state index >= 15 is 0 Å². The van der Waals surface area contributed by atoms with E-state index in [1.54, 1.807) is 6.20 Å². The Morgan fingerprint density at radius 3 is 2.17 bits per heavy atom. The number of fused-ring (bicyclic) bond motifs is 2. The van der Waals surface area contributed by atoms with Crippen LogP contribution >= 0.6 is 11.3 Å². The minimum atomic E-state index is -4.87. The molecule has 6 rings (SSSR count). The van der Waals surface area contributed by atoms with E-state index in [-0.39, 0.29) is 11.4 Å². The van der Waals surface area contributed by atoms with Crippen molar-refractivity contribution >= 4 is 37.8 Å². The quantitative estimate of drug-likeness (QED) is 0.265. The molecule has 0 radical (unpaired) electrons. The van der Waals surface area contributed by atoms with Crippen LogP contribution in [0.4, 0.5) is 29.7 Å². The van der Waals surface area contributed by atoms with Crippen LogP contribution < -0.4 is 19.3 Å². The number of aromatic nitrogens is 1. The largest absolute Gasteiger partial charge is 0.573 e. The normalized spacial score (nSPS) is 22.0. The van der Waals surface area contributed by atoms with Gasteiger partial charge in [-0.25, -0.2) is 18.7 Å². The molecule has 4 unspecified atom stereocenters. The van der Waals surface area contributed by atoms with Crippen molar-refractivity contribution in [2.45, 2.75) is 42.3 Å². The number of halogens is 3. The fourth-order valence-corrected chi connectivity index (χ4v) is 7.64. The first-order valence-electron chi connectivity index (χ1n) is 13.3. The highest BCUT2D eigenvalue weighted by Crippen LogP contribution is 2.40. The summed E-state index contributed by atoms with van der Waals surface area (Å²) in [5.41, 5.74) is 4.22. The number of aliphatic hydroxyl groups excluding tert-OH is 1. The molecule has 220 valence electrons. The standard InChI is InChI=1S/C29H28F3N5O3S2/c30-29(31,32)40-21-11-13-22(14-12-21)42(33,39)35-23-17-36(28-34-15-16-41-28)18-26(27(23)38)37-24-7-3-1-5-19(24)9-10-20-6-2-4-8-25(20)37/h1-8,11-16,23,26-27,38H,9-10,17-18H2,(H2,33,35,39). The topological polar surface area (TPSA) is 102 Å². The van der Waals surface area contributed by atoms with E-state index in [0.29, 0.717) is 6.54 Å². The molecule has 3 N–H and O–H groups in total. The van der Waals surface area contributed by atoms with E-state index in [9.17, 15) is 22.5 Å². The van der Waals surface area contributed by atoms with Gasteiger partial charge in [-0.1, -0.05) is 36.4 Å². The number of nitrogens with one attached hydrogen (secondary N) is 2. The molecular formula is C29H28F3N5O3S2. The number of anilines is 3. The van der Waals surface area contributed by atoms with Gasteiger partial charge in [-0.05, 0) is 60.4 Å². The monoisotopic (exact) mass is 615 g/mol. The first kappa shape index (κ1) is 28.5. The molecule has 0 bridgehead atoms. The first-order chi connectivity index (χ1) is 20.1. The van der Waals surface area contributed by atoms with Gasteiger partial charge in [-0.2, -0.15) is 0 Å². The van der Waals surface area contributed by atoms with E-state index in [4.69, 9.17) is 4.78 Å². The van der Waals surface area contributed by atoms with E-state index in [0.717, 1.165) is 64.7 Å². The molecule has 8 nitrogen and oxygen atoms in total. The fraction of sp³-hybridized carbons (Fsp3) is 0.276. The van der Waals surface area contributed by atoms with Gasteiger partial charge < -0.3 is 19.6 Å². The Morgan fingerprint density at radius 2 is 1.60 bits per heavy atom. The fourth-order valence-electron chi connectivity index (χ4n) is 5.68. The molecule has 4 aromatic rings. The molecule has 1 aromatic heterocycles. The van der Waals surface area contributed by atoms with Gasteiger partial charge in [0, 0.05) is 36.0 Å². The molecule has 0 spiro atoms. The van der Waals surface area contributed by atoms with Gasteiger partial charge in [0.2, 0.25) is 0 Å². The molecule has 3 aromatic carbocycles. The number of para-hydroxylation sites is 2. The molecule has 0 aliphatic carbocycles. The third-order valence-electron chi connectivity index (χ3n) is 7.53. The SMILES string of the molecule is N=S(=O)(NC1CN(c2nccs2)CC(N2c3ccccc3CCc3ccccc32)C1O)c1ccc(OC(F)(F)F)cc1. The Morgan fingerprint density at radius 1 is 0.976 bits per heavy atom. The second kappa shape index (κ2) is 11.2. The minimum absolute atomic E-state index is 0.0300. The Labute approximate surface area is 245 Å². The number of ether oxygens (including phenoxy) is 1. The number of nitrogens with zero attached hydrogens (tertiary/aromatic N) is 3. The van der Waals surface area contributed by atoms with Gasteiger partial charge in [0.25, 0.3) is 0 Å². The summed E-state index contributed by atoms with van der Waals surface area (Å²) in [6, 6.07) is 19.2. The molecule has 13 heteroatoms. The molecule has 2 aliphatic rings. The summed E-state index contributed by atoms with van der Waals surface area (Å²) in [6.07, 6.45) is -2.58. The average Bonchev–Trinajstić information content (AvgIpc) is 3.44. The predicted molar refractivity (Wildman–Crippen MR) is 156 cm³/mol. The van der Waals surface area contributed by atoms with Crippen LogP contribution in [0.3, 0.4) is 0 Å². The highest BCUT2D eigenvalue weighted by Gasteiger charge is 2.43. The third kappa shape index (κ3) is 5.82. The lowest BCUT2D eigenvalue weighted by Crippen LogP contribution is -2.65. The maximum absolute atomic E-state index is 13.7. The van der Waals surface area contributed by atoms with Crippen molar-refractivity contribution < 1.29 is 27.2 Å². The van der Waals surface area contributed by atoms with Crippen molar-refractivity contribution in [1.29, 1.82) is 4.78 Å². The predicted octanol–water partition coefficient (Wildman–Crippen LogP) is 5.51. The Kier molecular flexibility index (Phi) is 7.60. The molecule has 2 aliphatic heterocycles. The highest BCUT2D eigenvalue weighted by atomic mass is 32.2. The zero-order valence-electron chi connectivity index (χ0n) is 22.2. The van der Waals surface area contributed by atoms with Crippen molar-refractivity contribution in [3.63, 3.8) is 0 Å². The van der Waals surface area contributed by atoms with Crippen molar-refractivity contribution in [1.82, 2.24) is 9.71 Å². The van der Waals surface area contributed by atoms with Crippen LogP contribution in [0.25, 0.3) is 0 Å². The first-order valence-corrected chi connectivity index (χ1v) is 15.7. The van der Waals surface area contributed by atoms with Crippen LogP contribution in [0.1, 0.15) is 11.1 Å². The molecule has 1 fully saturated rings. The number of hydrogen-bond donors (Lipinski definition) is 3. The summed E-state index contributed by atoms with van der Waals surface area (Å²) in [5.74, 6) is -0.479. The van der Waals surface area contributed by atoms with Crippen molar-refractivity contribution in [2.24, 2.45) is 0 Å². The van der Waals surface area contributed by atoms with Gasteiger partial charge in [-0.3, -0.25) is 0 Å². The zero-order chi connectivity index (χ0) is 29.5. The molecule has 1 saturated heterocycles. The van der Waals surface area contributed by atoms with Crippen molar-refractivity contribution in [2.75, 3.05) is 22.9 Å². The van der Waals surface area contributed by atoms with Crippen LogP contribution in [0.5, 0.6) is 5.75 Å². The Balaban J connectivity index is 1.36. The Hall–Kier alpha value is -3.65. The molecular weight excluding hydrogens is 587 g/mol. The van der Waals surface area contributed by atoms with Crippen molar-refractivity contribution in [3.05, 3.63) is 95.5 Å². The minimum Gasteiger partial charge on any atom is -0.406 e. The number of thiazole rings is 1. The molecule has 0 amide bonds. The number of aliphatic hydroxyl groups is 1. The maximum atomic E-state index is 13.7. The van der Waals surface area contributed by atoms with Crippen LogP contribution in [0, 0.1) is 4.78 Å². The van der Waals surface area contributed by atoms with Crippen LogP contribution in [0.2, 0.25) is 0 Å². The molecule has 4 atom stereocenters. The summed E-state index contributed by atoms with van der Waals surface area (Å²) in [4.78, 5) is 8.59. The lowest BCUT2D eigenvalue weighted by atomic mass is 9.94. The molecule has 3 heterocycles. The lowest BCUT2D eigenvalue weighted by molar-refractivity contribution is -0.274. The zero-order valence-corrected chi connectivity index (χ0v) is 23.8. The number of alkyl halides is 3. The smallest absolute Gasteiger partial charge is 0.406 e. The second-order valence-electron chi connectivity index (χ2n) is 10.2. The van der Waals surface area contributed by atoms with Gasteiger partial charge in [-0.15, -0.1) is 24.5 Å². The van der Waals surface area contributed by atoms with Crippen LogP contribution in [-0.2, 0) is 22.8 Å². The van der Waals surface area contributed by atoms with E-state index in [2.05, 4.69) is 31.5 Å². The van der Waals surface area contributed by atoms with E-state index in [1.807, 2.05) is 46.7 Å². The van der Waals surface area contributed by atoms with Gasteiger partial charge in [0.05, 0.1) is 23.1 Å². The van der Waals surface area contributed by atoms with E-state index < -0.39 is 40.2 Å². The van der Waals surface area contributed by atoms with Gasteiger partial charge in [0.1, 0.15) is 15.7 Å². The number of aryl methyl sites for hydroxylation is 2. The van der Waals surface area contributed by atoms with Crippen molar-refractivity contribution in [3.8, 4) is 5.75 Å². The molecule has 42 heavy (non-hydrogen) atoms.